The van der Waals surface area contributed by atoms with Gasteiger partial charge in [0.15, 0.2) is 12.5 Å². The maximum Gasteiger partial charge on any atom is 0.317 e. The lowest BCUT2D eigenvalue weighted by molar-refractivity contribution is -0.394. The van der Waals surface area contributed by atoms with Gasteiger partial charge in [0.1, 0.15) is 0 Å². The summed E-state index contributed by atoms with van der Waals surface area (Å²) < 4.78 is 9.86. The van der Waals surface area contributed by atoms with Crippen LogP contribution in [0.3, 0.4) is 0 Å². The summed E-state index contributed by atoms with van der Waals surface area (Å²) in [6.07, 6.45) is 0. The fourth-order valence-electron chi connectivity index (χ4n) is 1.07. The molecule has 0 saturated heterocycles. The SMILES string of the molecule is CCOCOc1ccc([N+](=O)[O-])cc1[N+](=O)[O-]. The predicted octanol–water partition coefficient (Wildman–Crippen LogP) is 1.88. The van der Waals surface area contributed by atoms with E-state index < -0.39 is 15.5 Å². The van der Waals surface area contributed by atoms with Gasteiger partial charge in [-0.1, -0.05) is 0 Å². The molecule has 1 aromatic carbocycles. The molecule has 0 atom stereocenters. The Bertz CT molecular complexity index is 433. The molecule has 8 nitrogen and oxygen atoms in total. The molecule has 0 unspecified atom stereocenters. The topological polar surface area (TPSA) is 105 Å². The number of non-ortho nitro benzene ring substituents is 1. The summed E-state index contributed by atoms with van der Waals surface area (Å²) in [5.74, 6) is -0.0611. The van der Waals surface area contributed by atoms with Crippen LogP contribution >= 0.6 is 0 Å². The summed E-state index contributed by atoms with van der Waals surface area (Å²) >= 11 is 0. The molecule has 0 aliphatic rings. The molecule has 1 aromatic rings. The summed E-state index contributed by atoms with van der Waals surface area (Å²) in [6.45, 7) is 2.00. The van der Waals surface area contributed by atoms with Crippen molar-refractivity contribution >= 4 is 11.4 Å². The molecule has 0 N–H and O–H groups in total. The second-order valence-corrected chi connectivity index (χ2v) is 2.92. The van der Waals surface area contributed by atoms with E-state index in [1.54, 1.807) is 6.92 Å². The molecule has 0 aliphatic heterocycles. The molecule has 8 heteroatoms. The van der Waals surface area contributed by atoms with Gasteiger partial charge in [0.25, 0.3) is 5.69 Å². The Hall–Kier alpha value is -2.22. The van der Waals surface area contributed by atoms with Gasteiger partial charge in [0.05, 0.1) is 15.9 Å². The molecular formula is C9H10N2O6. The van der Waals surface area contributed by atoms with Gasteiger partial charge < -0.3 is 9.47 Å². The zero-order chi connectivity index (χ0) is 12.8. The van der Waals surface area contributed by atoms with Gasteiger partial charge in [-0.05, 0) is 13.0 Å². The number of nitro groups is 2. The Morgan fingerprint density at radius 1 is 1.24 bits per heavy atom. The van der Waals surface area contributed by atoms with E-state index in [4.69, 9.17) is 9.47 Å². The lowest BCUT2D eigenvalue weighted by Crippen LogP contribution is -2.04. The third kappa shape index (κ3) is 3.38. The van der Waals surface area contributed by atoms with E-state index in [1.807, 2.05) is 0 Å². The van der Waals surface area contributed by atoms with Crippen LogP contribution < -0.4 is 4.74 Å². The van der Waals surface area contributed by atoms with E-state index in [0.29, 0.717) is 6.61 Å². The van der Waals surface area contributed by atoms with Gasteiger partial charge in [-0.25, -0.2) is 0 Å². The highest BCUT2D eigenvalue weighted by Gasteiger charge is 2.20. The van der Waals surface area contributed by atoms with Gasteiger partial charge in [-0.2, -0.15) is 0 Å². The predicted molar refractivity (Wildman–Crippen MR) is 56.9 cm³/mol. The molecule has 0 heterocycles. The van der Waals surface area contributed by atoms with Gasteiger partial charge in [-0.3, -0.25) is 20.2 Å². The van der Waals surface area contributed by atoms with Crippen LogP contribution in [-0.2, 0) is 4.74 Å². The minimum Gasteiger partial charge on any atom is -0.460 e. The van der Waals surface area contributed by atoms with E-state index >= 15 is 0 Å². The van der Waals surface area contributed by atoms with Crippen LogP contribution in [0.5, 0.6) is 5.75 Å². The first-order valence-electron chi connectivity index (χ1n) is 4.69. The smallest absolute Gasteiger partial charge is 0.317 e. The first kappa shape index (κ1) is 12.8. The van der Waals surface area contributed by atoms with Gasteiger partial charge >= 0.3 is 5.69 Å². The van der Waals surface area contributed by atoms with Crippen LogP contribution in [-0.4, -0.2) is 23.2 Å². The minimum atomic E-state index is -0.742. The monoisotopic (exact) mass is 242 g/mol. The van der Waals surface area contributed by atoms with Crippen molar-refractivity contribution in [3.8, 4) is 5.75 Å². The molecule has 0 aromatic heterocycles. The molecule has 1 rings (SSSR count). The fourth-order valence-corrected chi connectivity index (χ4v) is 1.07. The summed E-state index contributed by atoms with van der Waals surface area (Å²) in [7, 11) is 0. The normalized spacial score (nSPS) is 9.94. The van der Waals surface area contributed by atoms with E-state index in [-0.39, 0.29) is 18.2 Å². The third-order valence-corrected chi connectivity index (χ3v) is 1.85. The van der Waals surface area contributed by atoms with Crippen LogP contribution in [0, 0.1) is 20.2 Å². The van der Waals surface area contributed by atoms with Crippen molar-refractivity contribution in [1.82, 2.24) is 0 Å². The molecule has 0 aliphatic carbocycles. The lowest BCUT2D eigenvalue weighted by atomic mass is 10.2. The van der Waals surface area contributed by atoms with Crippen LogP contribution in [0.4, 0.5) is 11.4 Å². The molecule has 0 spiro atoms. The van der Waals surface area contributed by atoms with Crippen LogP contribution in [0.2, 0.25) is 0 Å². The minimum absolute atomic E-state index is 0.0611. The first-order valence-corrected chi connectivity index (χ1v) is 4.69. The summed E-state index contributed by atoms with van der Waals surface area (Å²) in [4.78, 5) is 19.7. The molecule has 92 valence electrons. The van der Waals surface area contributed by atoms with Crippen molar-refractivity contribution in [2.24, 2.45) is 0 Å². The second kappa shape index (κ2) is 5.75. The van der Waals surface area contributed by atoms with Gasteiger partial charge in [0.2, 0.25) is 0 Å². The average molecular weight is 242 g/mol. The van der Waals surface area contributed by atoms with Crippen molar-refractivity contribution < 1.29 is 19.3 Å². The Labute approximate surface area is 96.1 Å². The lowest BCUT2D eigenvalue weighted by Gasteiger charge is -2.05. The number of hydrogen-bond acceptors (Lipinski definition) is 6. The Kier molecular flexibility index (Phi) is 4.35. The highest BCUT2D eigenvalue weighted by atomic mass is 16.7. The zero-order valence-corrected chi connectivity index (χ0v) is 8.99. The zero-order valence-electron chi connectivity index (χ0n) is 8.99. The molecule has 0 fully saturated rings. The van der Waals surface area contributed by atoms with Crippen molar-refractivity contribution in [1.29, 1.82) is 0 Å². The van der Waals surface area contributed by atoms with E-state index in [1.165, 1.54) is 6.07 Å². The number of hydrogen-bond donors (Lipinski definition) is 0. The standard InChI is InChI=1S/C9H10N2O6/c1-2-16-6-17-9-4-3-7(10(12)13)5-8(9)11(14)15/h3-5H,2,6H2,1H3. The second-order valence-electron chi connectivity index (χ2n) is 2.92. The van der Waals surface area contributed by atoms with Crippen molar-refractivity contribution in [3.63, 3.8) is 0 Å². The maximum atomic E-state index is 10.7. The maximum absolute atomic E-state index is 10.7. The number of benzene rings is 1. The highest BCUT2D eigenvalue weighted by molar-refractivity contribution is 5.53. The van der Waals surface area contributed by atoms with E-state index in [9.17, 15) is 20.2 Å². The quantitative estimate of drug-likeness (QED) is 0.326. The third-order valence-electron chi connectivity index (χ3n) is 1.85. The van der Waals surface area contributed by atoms with Gasteiger partial charge in [-0.15, -0.1) is 0 Å². The number of nitrogens with zero attached hydrogens (tertiary/aromatic N) is 2. The van der Waals surface area contributed by atoms with Crippen LogP contribution in [0.15, 0.2) is 18.2 Å². The Morgan fingerprint density at radius 3 is 2.47 bits per heavy atom. The highest BCUT2D eigenvalue weighted by Crippen LogP contribution is 2.30. The molecule has 0 amide bonds. The van der Waals surface area contributed by atoms with Crippen LogP contribution in [0.1, 0.15) is 6.92 Å². The van der Waals surface area contributed by atoms with E-state index in [2.05, 4.69) is 0 Å². The first-order chi connectivity index (χ1) is 8.06. The summed E-state index contributed by atoms with van der Waals surface area (Å²) in [5, 5.41) is 21.2. The molecular weight excluding hydrogens is 232 g/mol. The fraction of sp³-hybridized carbons (Fsp3) is 0.333. The van der Waals surface area contributed by atoms with Crippen molar-refractivity contribution in [2.75, 3.05) is 13.4 Å². The number of rotatable bonds is 6. The Balaban J connectivity index is 2.96. The Morgan fingerprint density at radius 2 is 1.94 bits per heavy atom. The summed E-state index contributed by atoms with van der Waals surface area (Å²) in [6, 6.07) is 3.16. The molecule has 0 bridgehead atoms. The van der Waals surface area contributed by atoms with Gasteiger partial charge in [0, 0.05) is 12.7 Å². The number of ether oxygens (including phenoxy) is 2. The van der Waals surface area contributed by atoms with Crippen LogP contribution in [0.25, 0.3) is 0 Å². The van der Waals surface area contributed by atoms with Crippen molar-refractivity contribution in [2.45, 2.75) is 6.92 Å². The van der Waals surface area contributed by atoms with Crippen molar-refractivity contribution in [3.05, 3.63) is 38.4 Å². The largest absolute Gasteiger partial charge is 0.460 e. The number of nitro benzene ring substituents is 2. The average Bonchev–Trinajstić information content (AvgIpc) is 2.29. The summed E-state index contributed by atoms with van der Waals surface area (Å²) in [5.41, 5.74) is -0.820. The molecule has 0 radical (unpaired) electrons. The van der Waals surface area contributed by atoms with E-state index in [0.717, 1.165) is 12.1 Å². The molecule has 0 saturated carbocycles. The molecule has 17 heavy (non-hydrogen) atoms.